The van der Waals surface area contributed by atoms with Crippen molar-refractivity contribution in [3.63, 3.8) is 0 Å². The average molecular weight is 234 g/mol. The lowest BCUT2D eigenvalue weighted by molar-refractivity contribution is -0.123. The van der Waals surface area contributed by atoms with Gasteiger partial charge in [0.25, 0.3) is 0 Å². The summed E-state index contributed by atoms with van der Waals surface area (Å²) in [5.41, 5.74) is 6.39. The fourth-order valence-corrected chi connectivity index (χ4v) is 2.01. The SMILES string of the molecule is NC1CN(c2ccc3c(c2)OCCCO3)C1=O. The molecule has 1 fully saturated rings. The maximum atomic E-state index is 11.5. The van der Waals surface area contributed by atoms with Crippen LogP contribution in [-0.2, 0) is 4.79 Å². The number of fused-ring (bicyclic) bond motifs is 1. The highest BCUT2D eigenvalue weighted by atomic mass is 16.5. The molecule has 2 aliphatic rings. The van der Waals surface area contributed by atoms with Crippen molar-refractivity contribution in [2.75, 3.05) is 24.7 Å². The van der Waals surface area contributed by atoms with Crippen molar-refractivity contribution in [1.29, 1.82) is 0 Å². The highest BCUT2D eigenvalue weighted by Crippen LogP contribution is 2.34. The van der Waals surface area contributed by atoms with Crippen molar-refractivity contribution in [1.82, 2.24) is 0 Å². The molecule has 0 radical (unpaired) electrons. The van der Waals surface area contributed by atoms with Gasteiger partial charge in [0.05, 0.1) is 19.8 Å². The molecule has 1 aromatic carbocycles. The Balaban J connectivity index is 1.88. The highest BCUT2D eigenvalue weighted by Gasteiger charge is 2.34. The molecular weight excluding hydrogens is 220 g/mol. The van der Waals surface area contributed by atoms with Crippen LogP contribution in [0, 0.1) is 0 Å². The van der Waals surface area contributed by atoms with Crippen LogP contribution in [0.25, 0.3) is 0 Å². The van der Waals surface area contributed by atoms with E-state index >= 15 is 0 Å². The summed E-state index contributed by atoms with van der Waals surface area (Å²) >= 11 is 0. The largest absolute Gasteiger partial charge is 0.490 e. The van der Waals surface area contributed by atoms with E-state index in [-0.39, 0.29) is 11.9 Å². The number of nitrogens with zero attached hydrogens (tertiary/aromatic N) is 1. The number of benzene rings is 1. The third kappa shape index (κ3) is 1.72. The zero-order valence-corrected chi connectivity index (χ0v) is 9.39. The molecule has 2 N–H and O–H groups in total. The van der Waals surface area contributed by atoms with Crippen LogP contribution in [0.3, 0.4) is 0 Å². The Morgan fingerprint density at radius 2 is 2.00 bits per heavy atom. The molecule has 0 spiro atoms. The first-order valence-electron chi connectivity index (χ1n) is 5.72. The number of hydrogen-bond acceptors (Lipinski definition) is 4. The summed E-state index contributed by atoms with van der Waals surface area (Å²) in [6.45, 7) is 1.88. The van der Waals surface area contributed by atoms with E-state index in [0.29, 0.717) is 25.5 Å². The highest BCUT2D eigenvalue weighted by molar-refractivity contribution is 6.04. The molecule has 3 rings (SSSR count). The minimum absolute atomic E-state index is 0.0421. The lowest BCUT2D eigenvalue weighted by atomic mass is 10.1. The third-order valence-electron chi connectivity index (χ3n) is 3.01. The van der Waals surface area contributed by atoms with Gasteiger partial charge in [-0.25, -0.2) is 0 Å². The number of hydrogen-bond donors (Lipinski definition) is 1. The molecule has 5 nitrogen and oxygen atoms in total. The number of carbonyl (C=O) groups is 1. The van der Waals surface area contributed by atoms with Crippen molar-refractivity contribution in [3.8, 4) is 11.5 Å². The molecule has 1 saturated heterocycles. The number of rotatable bonds is 1. The summed E-state index contributed by atoms with van der Waals surface area (Å²) in [4.78, 5) is 13.2. The molecule has 0 aliphatic carbocycles. The minimum atomic E-state index is -0.356. The van der Waals surface area contributed by atoms with Crippen molar-refractivity contribution >= 4 is 11.6 Å². The van der Waals surface area contributed by atoms with E-state index in [1.807, 2.05) is 18.2 Å². The Bertz CT molecular complexity index is 461. The smallest absolute Gasteiger partial charge is 0.245 e. The molecule has 90 valence electrons. The van der Waals surface area contributed by atoms with Crippen LogP contribution in [0.2, 0.25) is 0 Å². The molecule has 0 aromatic heterocycles. The van der Waals surface area contributed by atoms with Crippen molar-refractivity contribution < 1.29 is 14.3 Å². The van der Waals surface area contributed by atoms with Gasteiger partial charge in [-0.1, -0.05) is 0 Å². The Labute approximate surface area is 99.1 Å². The first kappa shape index (κ1) is 10.4. The summed E-state index contributed by atoms with van der Waals surface area (Å²) in [7, 11) is 0. The third-order valence-corrected chi connectivity index (χ3v) is 3.01. The van der Waals surface area contributed by atoms with Gasteiger partial charge in [-0.2, -0.15) is 0 Å². The lowest BCUT2D eigenvalue weighted by Crippen LogP contribution is -2.61. The lowest BCUT2D eigenvalue weighted by Gasteiger charge is -2.36. The van der Waals surface area contributed by atoms with E-state index in [2.05, 4.69) is 0 Å². The molecule has 1 unspecified atom stereocenters. The Morgan fingerprint density at radius 3 is 2.71 bits per heavy atom. The second-order valence-corrected chi connectivity index (χ2v) is 4.24. The summed E-state index contributed by atoms with van der Waals surface area (Å²) in [6, 6.07) is 5.18. The van der Waals surface area contributed by atoms with Crippen LogP contribution >= 0.6 is 0 Å². The summed E-state index contributed by atoms with van der Waals surface area (Å²) < 4.78 is 11.1. The number of carbonyl (C=O) groups excluding carboxylic acids is 1. The second kappa shape index (κ2) is 3.92. The standard InChI is InChI=1S/C12H14N2O3/c13-9-7-14(12(9)15)8-2-3-10-11(6-8)17-5-1-4-16-10/h2-3,6,9H,1,4-5,7,13H2. The number of β-lactam (4-membered cyclic amide) rings is 1. The second-order valence-electron chi connectivity index (χ2n) is 4.24. The summed E-state index contributed by atoms with van der Waals surface area (Å²) in [5, 5.41) is 0. The average Bonchev–Trinajstić information content (AvgIpc) is 2.59. The molecule has 2 heterocycles. The van der Waals surface area contributed by atoms with E-state index in [9.17, 15) is 4.79 Å². The Kier molecular flexibility index (Phi) is 2.40. The van der Waals surface area contributed by atoms with Gasteiger partial charge in [0.15, 0.2) is 11.5 Å². The number of amides is 1. The van der Waals surface area contributed by atoms with Crippen LogP contribution in [0.5, 0.6) is 11.5 Å². The van der Waals surface area contributed by atoms with Gasteiger partial charge in [0.2, 0.25) is 5.91 Å². The van der Waals surface area contributed by atoms with E-state index < -0.39 is 0 Å². The van der Waals surface area contributed by atoms with Crippen molar-refractivity contribution in [3.05, 3.63) is 18.2 Å². The predicted molar refractivity (Wildman–Crippen MR) is 62.4 cm³/mol. The molecule has 1 atom stereocenters. The van der Waals surface area contributed by atoms with Crippen molar-refractivity contribution in [2.24, 2.45) is 5.73 Å². The normalized spacial score (nSPS) is 23.0. The van der Waals surface area contributed by atoms with Crippen molar-refractivity contribution in [2.45, 2.75) is 12.5 Å². The first-order valence-corrected chi connectivity index (χ1v) is 5.72. The Hall–Kier alpha value is -1.75. The van der Waals surface area contributed by atoms with Crippen LogP contribution in [0.4, 0.5) is 5.69 Å². The fourth-order valence-electron chi connectivity index (χ4n) is 2.01. The molecule has 1 aromatic rings. The number of ether oxygens (including phenoxy) is 2. The Morgan fingerprint density at radius 1 is 1.24 bits per heavy atom. The monoisotopic (exact) mass is 234 g/mol. The van der Waals surface area contributed by atoms with Gasteiger partial charge < -0.3 is 20.1 Å². The summed E-state index contributed by atoms with van der Waals surface area (Å²) in [6.07, 6.45) is 0.873. The fraction of sp³-hybridized carbons (Fsp3) is 0.417. The molecular formula is C12H14N2O3. The molecule has 1 amide bonds. The predicted octanol–water partition coefficient (Wildman–Crippen LogP) is 0.522. The molecule has 0 saturated carbocycles. The van der Waals surface area contributed by atoms with Gasteiger partial charge in [-0.15, -0.1) is 0 Å². The maximum Gasteiger partial charge on any atom is 0.245 e. The van der Waals surface area contributed by atoms with Crippen LogP contribution < -0.4 is 20.1 Å². The number of nitrogens with two attached hydrogens (primary N) is 1. The van der Waals surface area contributed by atoms with E-state index in [0.717, 1.165) is 17.9 Å². The molecule has 2 aliphatic heterocycles. The summed E-state index contributed by atoms with van der Waals surface area (Å²) in [5.74, 6) is 1.40. The molecule has 17 heavy (non-hydrogen) atoms. The first-order chi connectivity index (χ1) is 8.25. The van der Waals surface area contributed by atoms with E-state index in [1.165, 1.54) is 0 Å². The van der Waals surface area contributed by atoms with Gasteiger partial charge >= 0.3 is 0 Å². The molecule has 0 bridgehead atoms. The minimum Gasteiger partial charge on any atom is -0.490 e. The van der Waals surface area contributed by atoms with E-state index in [1.54, 1.807) is 4.90 Å². The van der Waals surface area contributed by atoms with Crippen LogP contribution in [-0.4, -0.2) is 31.7 Å². The molecule has 5 heteroatoms. The number of anilines is 1. The topological polar surface area (TPSA) is 64.8 Å². The quantitative estimate of drug-likeness (QED) is 0.719. The van der Waals surface area contributed by atoms with Gasteiger partial charge in [0, 0.05) is 18.2 Å². The van der Waals surface area contributed by atoms with Gasteiger partial charge in [-0.05, 0) is 12.1 Å². The van der Waals surface area contributed by atoms with Crippen LogP contribution in [0.15, 0.2) is 18.2 Å². The zero-order valence-electron chi connectivity index (χ0n) is 9.39. The van der Waals surface area contributed by atoms with Gasteiger partial charge in [0.1, 0.15) is 6.04 Å². The van der Waals surface area contributed by atoms with Gasteiger partial charge in [-0.3, -0.25) is 4.79 Å². The van der Waals surface area contributed by atoms with Crippen LogP contribution in [0.1, 0.15) is 6.42 Å². The zero-order chi connectivity index (χ0) is 11.8. The van der Waals surface area contributed by atoms with E-state index in [4.69, 9.17) is 15.2 Å². The maximum absolute atomic E-state index is 11.5.